The van der Waals surface area contributed by atoms with Crippen LogP contribution in [0.4, 0.5) is 22.4 Å². The molecule has 10 nitrogen and oxygen atoms in total. The van der Waals surface area contributed by atoms with E-state index >= 15 is 4.39 Å². The van der Waals surface area contributed by atoms with Gasteiger partial charge in [-0.3, -0.25) is 19.8 Å². The molecule has 14 heteroatoms. The van der Waals surface area contributed by atoms with E-state index in [-0.39, 0.29) is 23.8 Å². The summed E-state index contributed by atoms with van der Waals surface area (Å²) in [6.07, 6.45) is -5.93. The normalized spacial score (nSPS) is 20.5. The summed E-state index contributed by atoms with van der Waals surface area (Å²) in [5.74, 6) is -0.318. The number of fused-ring (bicyclic) bond motifs is 3. The Labute approximate surface area is 239 Å². The predicted molar refractivity (Wildman–Crippen MR) is 144 cm³/mol. The van der Waals surface area contributed by atoms with Gasteiger partial charge in [-0.15, -0.1) is 0 Å². The van der Waals surface area contributed by atoms with Gasteiger partial charge in [0.15, 0.2) is 11.9 Å². The Balaban J connectivity index is 1.25. The van der Waals surface area contributed by atoms with Crippen molar-refractivity contribution in [2.45, 2.75) is 51.3 Å². The molecule has 1 aromatic carbocycles. The summed E-state index contributed by atoms with van der Waals surface area (Å²) in [6.45, 7) is 7.32. The zero-order valence-electron chi connectivity index (χ0n) is 23.5. The molecule has 42 heavy (non-hydrogen) atoms. The van der Waals surface area contributed by atoms with Crippen molar-refractivity contribution in [3.05, 3.63) is 57.8 Å². The van der Waals surface area contributed by atoms with Gasteiger partial charge in [-0.25, -0.2) is 14.0 Å². The predicted octanol–water partition coefficient (Wildman–Crippen LogP) is 4.25. The molecule has 2 aliphatic heterocycles. The molecule has 228 valence electrons. The number of rotatable bonds is 6. The molecule has 2 aliphatic rings. The molecule has 2 aromatic heterocycles. The molecule has 2 atom stereocenters. The lowest BCUT2D eigenvalue weighted by molar-refractivity contribution is -0.165. The number of oxazole rings is 1. The van der Waals surface area contributed by atoms with E-state index in [9.17, 15) is 22.8 Å². The molecule has 3 aromatic rings. The van der Waals surface area contributed by atoms with Gasteiger partial charge in [0.1, 0.15) is 18.0 Å². The highest BCUT2D eigenvalue weighted by molar-refractivity contribution is 5.78. The fourth-order valence-electron chi connectivity index (χ4n) is 5.32. The van der Waals surface area contributed by atoms with Crippen molar-refractivity contribution in [3.8, 4) is 5.75 Å². The minimum absolute atomic E-state index is 0.128. The van der Waals surface area contributed by atoms with Gasteiger partial charge in [-0.2, -0.15) is 13.2 Å². The third-order valence-corrected chi connectivity index (χ3v) is 7.19. The maximum absolute atomic E-state index is 15.3. The van der Waals surface area contributed by atoms with Crippen LogP contribution in [0.3, 0.4) is 0 Å². The van der Waals surface area contributed by atoms with Gasteiger partial charge in [-0.05, 0) is 44.5 Å². The van der Waals surface area contributed by atoms with Gasteiger partial charge in [0.2, 0.25) is 0 Å². The number of aromatic nitrogens is 2. The van der Waals surface area contributed by atoms with Gasteiger partial charge in [0, 0.05) is 44.7 Å². The van der Waals surface area contributed by atoms with Crippen molar-refractivity contribution >= 4 is 17.2 Å². The van der Waals surface area contributed by atoms with E-state index in [0.717, 1.165) is 4.90 Å². The summed E-state index contributed by atoms with van der Waals surface area (Å²) in [5.41, 5.74) is 0.833. The van der Waals surface area contributed by atoms with Gasteiger partial charge in [0.25, 0.3) is 0 Å². The van der Waals surface area contributed by atoms with Gasteiger partial charge < -0.3 is 18.8 Å². The number of ether oxygens (including phenoxy) is 2. The van der Waals surface area contributed by atoms with Crippen molar-refractivity contribution in [1.82, 2.24) is 24.7 Å². The molecule has 0 saturated carbocycles. The summed E-state index contributed by atoms with van der Waals surface area (Å²) in [4.78, 5) is 35.4. The highest BCUT2D eigenvalue weighted by Gasteiger charge is 2.43. The van der Waals surface area contributed by atoms with E-state index in [0.29, 0.717) is 61.7 Å². The Hall–Kier alpha value is -3.65. The Morgan fingerprint density at radius 1 is 1.12 bits per heavy atom. The van der Waals surface area contributed by atoms with Crippen molar-refractivity contribution < 1.29 is 36.2 Å². The Morgan fingerprint density at radius 2 is 1.86 bits per heavy atom. The third kappa shape index (κ3) is 6.86. The number of amides is 1. The van der Waals surface area contributed by atoms with E-state index in [1.165, 1.54) is 18.3 Å². The first-order valence-corrected chi connectivity index (χ1v) is 13.7. The maximum atomic E-state index is 15.3. The van der Waals surface area contributed by atoms with Gasteiger partial charge in [-0.1, -0.05) is 6.07 Å². The number of piperazine rings is 1. The topological polar surface area (TPSA) is 104 Å². The second kappa shape index (κ2) is 11.6. The number of hydrogen-bond donors (Lipinski definition) is 1. The van der Waals surface area contributed by atoms with Crippen LogP contribution in [0.2, 0.25) is 0 Å². The molecule has 0 unspecified atom stereocenters. The summed E-state index contributed by atoms with van der Waals surface area (Å²) in [7, 11) is 0. The first-order chi connectivity index (χ1) is 19.8. The molecule has 0 bridgehead atoms. The Morgan fingerprint density at radius 3 is 2.50 bits per heavy atom. The van der Waals surface area contributed by atoms with E-state index in [1.54, 1.807) is 17.0 Å². The van der Waals surface area contributed by atoms with E-state index in [4.69, 9.17) is 13.9 Å². The molecule has 1 saturated heterocycles. The SMILES string of the molecule is CC(C)(C)OC(=O)N1CCN(CCOc2ccc([C@@H]3c4ccc5[nH]c(=O)oc5c4C[C@@H](F)N3CC(F)(F)F)nc2)CC1. The van der Waals surface area contributed by atoms with Crippen LogP contribution < -0.4 is 10.5 Å². The molecule has 1 fully saturated rings. The number of pyridine rings is 1. The molecule has 1 N–H and O–H groups in total. The fourth-order valence-corrected chi connectivity index (χ4v) is 5.32. The molecule has 0 radical (unpaired) electrons. The fraction of sp³-hybridized carbons (Fsp3) is 0.536. The van der Waals surface area contributed by atoms with Crippen molar-refractivity contribution in [2.24, 2.45) is 0 Å². The highest BCUT2D eigenvalue weighted by Crippen LogP contribution is 2.41. The van der Waals surface area contributed by atoms with E-state index in [2.05, 4.69) is 14.9 Å². The Kier molecular flexibility index (Phi) is 8.21. The standard InChI is InChI=1S/C28H33F4N5O5/c1-27(2,3)42-26(39)36-10-8-35(9-11-36)12-13-40-17-4-6-20(33-15-17)23-18-5-7-21-24(41-25(38)34-21)19(18)14-22(29)37(23)16-28(30,31)32/h4-7,15,22-23H,8-14,16H2,1-3H3,(H,34,38)/t22-,23-/m0/s1. The van der Waals surface area contributed by atoms with Crippen LogP contribution in [-0.2, 0) is 11.2 Å². The maximum Gasteiger partial charge on any atom is 0.417 e. The molecule has 0 aliphatic carbocycles. The monoisotopic (exact) mass is 595 g/mol. The molecular formula is C28H33F4N5O5. The number of halogens is 4. The first-order valence-electron chi connectivity index (χ1n) is 13.7. The number of carbonyl (C=O) groups is 1. The number of benzene rings is 1. The minimum Gasteiger partial charge on any atom is -0.491 e. The molecule has 0 spiro atoms. The zero-order valence-corrected chi connectivity index (χ0v) is 23.5. The molecule has 5 rings (SSSR count). The lowest BCUT2D eigenvalue weighted by Gasteiger charge is -2.39. The first kappa shape index (κ1) is 29.8. The van der Waals surface area contributed by atoms with Crippen molar-refractivity contribution in [1.29, 1.82) is 0 Å². The number of H-pyrrole nitrogens is 1. The van der Waals surface area contributed by atoms with E-state index < -0.39 is 36.4 Å². The third-order valence-electron chi connectivity index (χ3n) is 7.19. The minimum atomic E-state index is -4.65. The highest BCUT2D eigenvalue weighted by atomic mass is 19.4. The van der Waals surface area contributed by atoms with Crippen LogP contribution in [-0.4, -0.2) is 94.7 Å². The van der Waals surface area contributed by atoms with Crippen molar-refractivity contribution in [2.75, 3.05) is 45.9 Å². The van der Waals surface area contributed by atoms with Crippen molar-refractivity contribution in [3.63, 3.8) is 0 Å². The quantitative estimate of drug-likeness (QED) is 0.333. The zero-order chi connectivity index (χ0) is 30.2. The number of carbonyl (C=O) groups excluding carboxylic acids is 1. The second-order valence-corrected chi connectivity index (χ2v) is 11.4. The number of hydrogen-bond acceptors (Lipinski definition) is 8. The van der Waals surface area contributed by atoms with Gasteiger partial charge >= 0.3 is 18.0 Å². The van der Waals surface area contributed by atoms with Crippen LogP contribution in [0.15, 0.2) is 39.7 Å². The average Bonchev–Trinajstić information content (AvgIpc) is 3.29. The smallest absolute Gasteiger partial charge is 0.417 e. The lowest BCUT2D eigenvalue weighted by atomic mass is 9.89. The average molecular weight is 596 g/mol. The van der Waals surface area contributed by atoms with Crippen LogP contribution in [0.1, 0.15) is 43.6 Å². The molecular weight excluding hydrogens is 562 g/mol. The van der Waals surface area contributed by atoms with Crippen LogP contribution >= 0.6 is 0 Å². The number of nitrogens with one attached hydrogen (secondary N) is 1. The summed E-state index contributed by atoms with van der Waals surface area (Å²) < 4.78 is 72.2. The lowest BCUT2D eigenvalue weighted by Crippen LogP contribution is -2.50. The van der Waals surface area contributed by atoms with E-state index in [1.807, 2.05) is 20.8 Å². The Bertz CT molecular complexity index is 1460. The number of alkyl halides is 4. The number of aromatic amines is 1. The summed E-state index contributed by atoms with van der Waals surface area (Å²) >= 11 is 0. The van der Waals surface area contributed by atoms with Crippen LogP contribution in [0, 0.1) is 0 Å². The van der Waals surface area contributed by atoms with Crippen LogP contribution in [0.5, 0.6) is 5.75 Å². The van der Waals surface area contributed by atoms with Crippen LogP contribution in [0.25, 0.3) is 11.1 Å². The summed E-state index contributed by atoms with van der Waals surface area (Å²) in [5, 5.41) is 0. The number of nitrogens with zero attached hydrogens (tertiary/aromatic N) is 4. The molecule has 1 amide bonds. The summed E-state index contributed by atoms with van der Waals surface area (Å²) in [6, 6.07) is 5.04. The second-order valence-electron chi connectivity index (χ2n) is 11.4. The molecule has 4 heterocycles. The van der Waals surface area contributed by atoms with Gasteiger partial charge in [0.05, 0.1) is 30.0 Å². The largest absolute Gasteiger partial charge is 0.491 e.